The third kappa shape index (κ3) is 4.90. The van der Waals surface area contributed by atoms with Crippen LogP contribution in [0.5, 0.6) is 0 Å². The molecular weight excluding hydrogens is 433 g/mol. The SMILES string of the molecule is COCCNc1nc(C2CCCN2Cc2ccc(F)cn2)nc2c1ncn2Cc1ccccc1. The number of pyridine rings is 1. The molecule has 1 saturated heterocycles. The number of nitrogens with one attached hydrogen (secondary N) is 1. The smallest absolute Gasteiger partial charge is 0.166 e. The van der Waals surface area contributed by atoms with Crippen LogP contribution < -0.4 is 5.32 Å². The van der Waals surface area contributed by atoms with Crippen molar-refractivity contribution in [3.63, 3.8) is 0 Å². The van der Waals surface area contributed by atoms with Gasteiger partial charge in [0.15, 0.2) is 11.5 Å². The van der Waals surface area contributed by atoms with Gasteiger partial charge in [-0.2, -0.15) is 0 Å². The summed E-state index contributed by atoms with van der Waals surface area (Å²) in [6, 6.07) is 13.5. The molecule has 0 spiro atoms. The largest absolute Gasteiger partial charge is 0.383 e. The van der Waals surface area contributed by atoms with Crippen molar-refractivity contribution < 1.29 is 9.13 Å². The highest BCUT2D eigenvalue weighted by Crippen LogP contribution is 2.33. The standard InChI is InChI=1S/C25H28FN7O/c1-34-13-11-27-24-22-25(33(17-29-22)15-18-6-3-2-4-7-18)31-23(30-24)21-8-5-12-32(21)16-20-10-9-19(26)14-28-20/h2-4,6-7,9-10,14,17,21H,5,8,11-13,15-16H2,1H3,(H,27,30,31). The van der Waals surface area contributed by atoms with Gasteiger partial charge in [-0.05, 0) is 37.1 Å². The zero-order valence-electron chi connectivity index (χ0n) is 19.2. The quantitative estimate of drug-likeness (QED) is 0.380. The van der Waals surface area contributed by atoms with E-state index in [1.807, 2.05) is 24.5 Å². The van der Waals surface area contributed by atoms with Gasteiger partial charge in [0.1, 0.15) is 17.2 Å². The Labute approximate surface area is 197 Å². The Morgan fingerprint density at radius 1 is 1.09 bits per heavy atom. The second-order valence-corrected chi connectivity index (χ2v) is 8.48. The third-order valence-electron chi connectivity index (χ3n) is 6.09. The Morgan fingerprint density at radius 2 is 1.97 bits per heavy atom. The van der Waals surface area contributed by atoms with Crippen LogP contribution in [0.25, 0.3) is 11.2 Å². The number of rotatable bonds is 9. The summed E-state index contributed by atoms with van der Waals surface area (Å²) in [6.07, 6.45) is 5.09. The Hall–Kier alpha value is -3.43. The molecule has 34 heavy (non-hydrogen) atoms. The zero-order chi connectivity index (χ0) is 23.3. The fourth-order valence-corrected chi connectivity index (χ4v) is 4.42. The number of methoxy groups -OCH3 is 1. The van der Waals surface area contributed by atoms with E-state index in [2.05, 4.69) is 36.9 Å². The van der Waals surface area contributed by atoms with Gasteiger partial charge in [-0.1, -0.05) is 30.3 Å². The van der Waals surface area contributed by atoms with Crippen molar-refractivity contribution in [2.24, 2.45) is 0 Å². The molecule has 9 heteroatoms. The molecule has 3 aromatic heterocycles. The summed E-state index contributed by atoms with van der Waals surface area (Å²) in [4.78, 5) is 21.1. The monoisotopic (exact) mass is 461 g/mol. The summed E-state index contributed by atoms with van der Waals surface area (Å²) in [6.45, 7) is 3.42. The minimum Gasteiger partial charge on any atom is -0.383 e. The molecule has 8 nitrogen and oxygen atoms in total. The average Bonchev–Trinajstić information content (AvgIpc) is 3.48. The van der Waals surface area contributed by atoms with Crippen molar-refractivity contribution in [2.45, 2.75) is 32.0 Å². The van der Waals surface area contributed by atoms with Gasteiger partial charge in [-0.3, -0.25) is 9.88 Å². The van der Waals surface area contributed by atoms with Crippen LogP contribution >= 0.6 is 0 Å². The normalized spacial score (nSPS) is 16.4. The number of ether oxygens (including phenoxy) is 1. The van der Waals surface area contributed by atoms with Crippen molar-refractivity contribution in [3.8, 4) is 0 Å². The molecule has 1 unspecified atom stereocenters. The molecular formula is C25H28FN7O. The van der Waals surface area contributed by atoms with Crippen LogP contribution in [-0.2, 0) is 17.8 Å². The summed E-state index contributed by atoms with van der Waals surface area (Å²) in [7, 11) is 1.68. The number of nitrogens with zero attached hydrogens (tertiary/aromatic N) is 6. The molecule has 4 aromatic rings. The van der Waals surface area contributed by atoms with Crippen LogP contribution in [0.2, 0.25) is 0 Å². The van der Waals surface area contributed by atoms with Crippen LogP contribution in [0, 0.1) is 5.82 Å². The summed E-state index contributed by atoms with van der Waals surface area (Å²) in [5.41, 5.74) is 3.57. The molecule has 176 valence electrons. The number of imidazole rings is 1. The maximum atomic E-state index is 13.3. The summed E-state index contributed by atoms with van der Waals surface area (Å²) < 4.78 is 20.6. The van der Waals surface area contributed by atoms with E-state index in [1.54, 1.807) is 13.2 Å². The Morgan fingerprint density at radius 3 is 2.76 bits per heavy atom. The van der Waals surface area contributed by atoms with E-state index in [4.69, 9.17) is 14.7 Å². The average molecular weight is 462 g/mol. The van der Waals surface area contributed by atoms with Crippen LogP contribution in [0.15, 0.2) is 55.0 Å². The maximum Gasteiger partial charge on any atom is 0.166 e. The van der Waals surface area contributed by atoms with Gasteiger partial charge in [0, 0.05) is 20.2 Å². The van der Waals surface area contributed by atoms with Gasteiger partial charge in [-0.15, -0.1) is 0 Å². The van der Waals surface area contributed by atoms with Gasteiger partial charge < -0.3 is 14.6 Å². The number of likely N-dealkylation sites (tertiary alicyclic amines) is 1. The lowest BCUT2D eigenvalue weighted by atomic mass is 10.2. The predicted molar refractivity (Wildman–Crippen MR) is 128 cm³/mol. The maximum absolute atomic E-state index is 13.3. The van der Waals surface area contributed by atoms with Gasteiger partial charge >= 0.3 is 0 Å². The number of anilines is 1. The lowest BCUT2D eigenvalue weighted by Gasteiger charge is -2.23. The van der Waals surface area contributed by atoms with Crippen molar-refractivity contribution in [2.75, 3.05) is 32.1 Å². The molecule has 1 aromatic carbocycles. The third-order valence-corrected chi connectivity index (χ3v) is 6.09. The molecule has 0 amide bonds. The topological polar surface area (TPSA) is 81.0 Å². The van der Waals surface area contributed by atoms with E-state index < -0.39 is 0 Å². The summed E-state index contributed by atoms with van der Waals surface area (Å²) in [5.74, 6) is 1.16. The van der Waals surface area contributed by atoms with Gasteiger partial charge in [0.25, 0.3) is 0 Å². The second-order valence-electron chi connectivity index (χ2n) is 8.48. The van der Waals surface area contributed by atoms with Crippen molar-refractivity contribution in [3.05, 3.63) is 77.9 Å². The highest BCUT2D eigenvalue weighted by atomic mass is 19.1. The first-order chi connectivity index (χ1) is 16.7. The molecule has 0 saturated carbocycles. The molecule has 1 atom stereocenters. The predicted octanol–water partition coefficient (Wildman–Crippen LogP) is 3.80. The van der Waals surface area contributed by atoms with Crippen molar-refractivity contribution >= 4 is 17.0 Å². The number of hydrogen-bond donors (Lipinski definition) is 1. The van der Waals surface area contributed by atoms with Crippen molar-refractivity contribution in [1.29, 1.82) is 0 Å². The lowest BCUT2D eigenvalue weighted by molar-refractivity contribution is 0.210. The molecule has 1 N–H and O–H groups in total. The number of fused-ring (bicyclic) bond motifs is 1. The Balaban J connectivity index is 1.48. The lowest BCUT2D eigenvalue weighted by Crippen LogP contribution is -2.25. The molecule has 1 fully saturated rings. The summed E-state index contributed by atoms with van der Waals surface area (Å²) >= 11 is 0. The molecule has 5 rings (SSSR count). The highest BCUT2D eigenvalue weighted by Gasteiger charge is 2.30. The molecule has 0 bridgehead atoms. The number of benzene rings is 1. The first kappa shape index (κ1) is 22.4. The number of aromatic nitrogens is 5. The minimum atomic E-state index is -0.325. The van der Waals surface area contributed by atoms with Crippen LogP contribution in [0.1, 0.15) is 36.0 Å². The van der Waals surface area contributed by atoms with E-state index >= 15 is 0 Å². The first-order valence-electron chi connectivity index (χ1n) is 11.6. The molecule has 0 aliphatic carbocycles. The Bertz CT molecular complexity index is 1230. The van der Waals surface area contributed by atoms with Gasteiger partial charge in [0.05, 0.1) is 37.4 Å². The molecule has 0 radical (unpaired) electrons. The fraction of sp³-hybridized carbons (Fsp3) is 0.360. The van der Waals surface area contributed by atoms with E-state index in [0.29, 0.717) is 26.2 Å². The van der Waals surface area contributed by atoms with E-state index in [9.17, 15) is 4.39 Å². The fourth-order valence-electron chi connectivity index (χ4n) is 4.42. The molecule has 1 aliphatic rings. The Kier molecular flexibility index (Phi) is 6.73. The minimum absolute atomic E-state index is 0.0549. The highest BCUT2D eigenvalue weighted by molar-refractivity contribution is 5.83. The molecule has 4 heterocycles. The van der Waals surface area contributed by atoms with E-state index in [-0.39, 0.29) is 11.9 Å². The van der Waals surface area contributed by atoms with Crippen LogP contribution in [-0.4, -0.2) is 56.2 Å². The zero-order valence-corrected chi connectivity index (χ0v) is 19.2. The first-order valence-corrected chi connectivity index (χ1v) is 11.6. The number of halogens is 1. The summed E-state index contributed by atoms with van der Waals surface area (Å²) in [5, 5.41) is 3.38. The number of hydrogen-bond acceptors (Lipinski definition) is 7. The van der Waals surface area contributed by atoms with Gasteiger partial charge in [-0.25, -0.2) is 19.3 Å². The van der Waals surface area contributed by atoms with Crippen LogP contribution in [0.4, 0.5) is 10.2 Å². The van der Waals surface area contributed by atoms with Gasteiger partial charge in [0.2, 0.25) is 0 Å². The molecule has 1 aliphatic heterocycles. The van der Waals surface area contributed by atoms with Crippen molar-refractivity contribution in [1.82, 2.24) is 29.4 Å². The van der Waals surface area contributed by atoms with E-state index in [1.165, 1.54) is 17.8 Å². The van der Waals surface area contributed by atoms with Crippen LogP contribution in [0.3, 0.4) is 0 Å². The van der Waals surface area contributed by atoms with E-state index in [0.717, 1.165) is 47.9 Å². The second kappa shape index (κ2) is 10.2.